The molecule has 172 valence electrons. The molecule has 0 aliphatic carbocycles. The van der Waals surface area contributed by atoms with Gasteiger partial charge in [0.1, 0.15) is 15.8 Å². The van der Waals surface area contributed by atoms with Crippen LogP contribution in [0.5, 0.6) is 5.75 Å². The van der Waals surface area contributed by atoms with Gasteiger partial charge in [-0.15, -0.1) is 11.3 Å². The molecule has 12 heteroatoms. The molecule has 1 amide bonds. The van der Waals surface area contributed by atoms with Gasteiger partial charge in [0, 0.05) is 5.56 Å². The number of aryl methyl sites for hydroxylation is 1. The maximum Gasteiger partial charge on any atom is 0.341 e. The number of carboxylic acids is 1. The van der Waals surface area contributed by atoms with Crippen molar-refractivity contribution in [1.29, 1.82) is 0 Å². The molecule has 0 saturated heterocycles. The molecule has 0 atom stereocenters. The molecule has 1 aromatic heterocycles. The minimum absolute atomic E-state index is 0.0320. The Labute approximate surface area is 192 Å². The second-order valence-electron chi connectivity index (χ2n) is 6.65. The van der Waals surface area contributed by atoms with Crippen molar-refractivity contribution in [3.05, 3.63) is 76.4 Å². The van der Waals surface area contributed by atoms with Crippen molar-refractivity contribution in [2.75, 3.05) is 11.3 Å². The van der Waals surface area contributed by atoms with Crippen LogP contribution in [0.25, 0.3) is 0 Å². The van der Waals surface area contributed by atoms with E-state index in [-0.39, 0.29) is 21.2 Å². The standard InChI is InChI=1S/C21H18FN3O6S2/c1-13-4-7-18(31-12-19(26)27)14(9-13)11-23-24-21(28)16-10-15(22)5-6-17(16)25-33(29,30)20-3-2-8-32-20/h2-11,25H,12H2,1H3,(H,24,28)(H,26,27). The van der Waals surface area contributed by atoms with Crippen LogP contribution in [-0.4, -0.2) is 38.2 Å². The monoisotopic (exact) mass is 491 g/mol. The lowest BCUT2D eigenvalue weighted by molar-refractivity contribution is -0.139. The van der Waals surface area contributed by atoms with Crippen molar-refractivity contribution < 1.29 is 32.2 Å². The summed E-state index contributed by atoms with van der Waals surface area (Å²) in [4.78, 5) is 23.4. The number of thiophene rings is 1. The number of hydrazone groups is 1. The lowest BCUT2D eigenvalue weighted by Crippen LogP contribution is -2.21. The van der Waals surface area contributed by atoms with E-state index in [9.17, 15) is 22.4 Å². The fraction of sp³-hybridized carbons (Fsp3) is 0.0952. The molecule has 0 unspecified atom stereocenters. The first kappa shape index (κ1) is 23.9. The topological polar surface area (TPSA) is 134 Å². The normalized spacial score (nSPS) is 11.3. The number of carbonyl (C=O) groups is 2. The molecule has 3 aromatic rings. The van der Waals surface area contributed by atoms with Crippen LogP contribution >= 0.6 is 11.3 Å². The molecule has 0 bridgehead atoms. The largest absolute Gasteiger partial charge is 0.481 e. The Morgan fingerprint density at radius 2 is 2.00 bits per heavy atom. The van der Waals surface area contributed by atoms with Gasteiger partial charge in [-0.25, -0.2) is 23.0 Å². The lowest BCUT2D eigenvalue weighted by atomic mass is 10.1. The van der Waals surface area contributed by atoms with Crippen molar-refractivity contribution in [2.45, 2.75) is 11.1 Å². The first-order valence-corrected chi connectivity index (χ1v) is 11.7. The molecule has 33 heavy (non-hydrogen) atoms. The molecular weight excluding hydrogens is 473 g/mol. The van der Waals surface area contributed by atoms with E-state index in [0.29, 0.717) is 5.56 Å². The molecule has 1 heterocycles. The number of carboxylic acid groups (broad SMARTS) is 1. The summed E-state index contributed by atoms with van der Waals surface area (Å²) in [6.45, 7) is 1.24. The van der Waals surface area contributed by atoms with Crippen molar-refractivity contribution >= 4 is 45.1 Å². The molecule has 3 rings (SSSR count). The van der Waals surface area contributed by atoms with E-state index in [1.165, 1.54) is 12.3 Å². The van der Waals surface area contributed by atoms with E-state index in [2.05, 4.69) is 15.2 Å². The predicted molar refractivity (Wildman–Crippen MR) is 121 cm³/mol. The van der Waals surface area contributed by atoms with Crippen LogP contribution in [0.3, 0.4) is 0 Å². The SMILES string of the molecule is Cc1ccc(OCC(=O)O)c(C=NNC(=O)c2cc(F)ccc2NS(=O)(=O)c2cccs2)c1. The van der Waals surface area contributed by atoms with E-state index in [1.807, 2.05) is 0 Å². The Morgan fingerprint density at radius 3 is 2.70 bits per heavy atom. The number of nitrogens with one attached hydrogen (secondary N) is 2. The number of carbonyl (C=O) groups excluding carboxylic acids is 1. The zero-order valence-corrected chi connectivity index (χ0v) is 18.7. The Balaban J connectivity index is 1.80. The molecule has 0 aliphatic heterocycles. The van der Waals surface area contributed by atoms with Crippen LogP contribution in [0, 0.1) is 12.7 Å². The molecule has 0 spiro atoms. The number of hydrogen-bond acceptors (Lipinski definition) is 7. The number of benzene rings is 2. The Bertz CT molecular complexity index is 1310. The summed E-state index contributed by atoms with van der Waals surface area (Å²) in [5, 5.41) is 14.2. The summed E-state index contributed by atoms with van der Waals surface area (Å²) in [5.74, 6) is -2.53. The highest BCUT2D eigenvalue weighted by molar-refractivity contribution is 7.94. The van der Waals surface area contributed by atoms with Crippen molar-refractivity contribution in [3.63, 3.8) is 0 Å². The van der Waals surface area contributed by atoms with Gasteiger partial charge in [-0.3, -0.25) is 9.52 Å². The number of rotatable bonds is 9. The Morgan fingerprint density at radius 1 is 1.21 bits per heavy atom. The van der Waals surface area contributed by atoms with Crippen LogP contribution in [0.4, 0.5) is 10.1 Å². The summed E-state index contributed by atoms with van der Waals surface area (Å²) in [7, 11) is -3.96. The number of amides is 1. The van der Waals surface area contributed by atoms with Crippen molar-refractivity contribution in [3.8, 4) is 5.75 Å². The number of hydrogen-bond donors (Lipinski definition) is 3. The van der Waals surface area contributed by atoms with Crippen LogP contribution < -0.4 is 14.9 Å². The molecule has 9 nitrogen and oxygen atoms in total. The quantitative estimate of drug-likeness (QED) is 0.311. The zero-order chi connectivity index (χ0) is 24.0. The highest BCUT2D eigenvalue weighted by atomic mass is 32.2. The fourth-order valence-electron chi connectivity index (χ4n) is 2.67. The van der Waals surface area contributed by atoms with E-state index in [0.717, 1.165) is 35.1 Å². The van der Waals surface area contributed by atoms with Crippen LogP contribution in [0.2, 0.25) is 0 Å². The van der Waals surface area contributed by atoms with E-state index >= 15 is 0 Å². The van der Waals surface area contributed by atoms with Gasteiger partial charge in [0.25, 0.3) is 15.9 Å². The van der Waals surface area contributed by atoms with Gasteiger partial charge < -0.3 is 9.84 Å². The molecule has 0 fully saturated rings. The molecule has 0 saturated carbocycles. The molecule has 2 aromatic carbocycles. The van der Waals surface area contributed by atoms with E-state index in [4.69, 9.17) is 9.84 Å². The highest BCUT2D eigenvalue weighted by Gasteiger charge is 2.20. The zero-order valence-electron chi connectivity index (χ0n) is 17.1. The Kier molecular flexibility index (Phi) is 7.41. The average Bonchev–Trinajstić information content (AvgIpc) is 3.30. The van der Waals surface area contributed by atoms with Crippen LogP contribution in [-0.2, 0) is 14.8 Å². The van der Waals surface area contributed by atoms with Gasteiger partial charge in [-0.05, 0) is 48.7 Å². The third-order valence-electron chi connectivity index (χ3n) is 4.12. The number of ether oxygens (including phenoxy) is 1. The molecule has 0 radical (unpaired) electrons. The molecule has 0 aliphatic rings. The number of anilines is 1. The van der Waals surface area contributed by atoms with Gasteiger partial charge in [0.15, 0.2) is 6.61 Å². The third kappa shape index (κ3) is 6.37. The minimum atomic E-state index is -3.96. The summed E-state index contributed by atoms with van der Waals surface area (Å²) in [6, 6.07) is 10.9. The van der Waals surface area contributed by atoms with Gasteiger partial charge in [0.05, 0.1) is 17.5 Å². The van der Waals surface area contributed by atoms with Gasteiger partial charge in [-0.1, -0.05) is 17.7 Å². The van der Waals surface area contributed by atoms with Crippen LogP contribution in [0.15, 0.2) is 63.2 Å². The van der Waals surface area contributed by atoms with Gasteiger partial charge in [-0.2, -0.15) is 5.10 Å². The second-order valence-corrected chi connectivity index (χ2v) is 9.51. The average molecular weight is 492 g/mol. The second kappa shape index (κ2) is 10.2. The van der Waals surface area contributed by atoms with Crippen molar-refractivity contribution in [1.82, 2.24) is 5.43 Å². The summed E-state index contributed by atoms with van der Waals surface area (Å²) >= 11 is 0.989. The first-order chi connectivity index (χ1) is 15.7. The fourth-order valence-corrected chi connectivity index (χ4v) is 4.74. The van der Waals surface area contributed by atoms with Gasteiger partial charge in [0.2, 0.25) is 0 Å². The van der Waals surface area contributed by atoms with E-state index in [1.54, 1.807) is 36.6 Å². The van der Waals surface area contributed by atoms with Crippen LogP contribution in [0.1, 0.15) is 21.5 Å². The lowest BCUT2D eigenvalue weighted by Gasteiger charge is -2.11. The maximum atomic E-state index is 13.8. The number of halogens is 1. The maximum absolute atomic E-state index is 13.8. The number of sulfonamides is 1. The summed E-state index contributed by atoms with van der Waals surface area (Å²) in [5.41, 5.74) is 3.03. The highest BCUT2D eigenvalue weighted by Crippen LogP contribution is 2.24. The number of aliphatic carboxylic acids is 1. The number of nitrogens with zero attached hydrogens (tertiary/aromatic N) is 1. The summed E-state index contributed by atoms with van der Waals surface area (Å²) in [6.07, 6.45) is 1.23. The van der Waals surface area contributed by atoms with Crippen molar-refractivity contribution in [2.24, 2.45) is 5.10 Å². The van der Waals surface area contributed by atoms with E-state index < -0.39 is 34.3 Å². The minimum Gasteiger partial charge on any atom is -0.481 e. The molecule has 3 N–H and O–H groups in total. The van der Waals surface area contributed by atoms with Gasteiger partial charge >= 0.3 is 5.97 Å². The predicted octanol–water partition coefficient (Wildman–Crippen LogP) is 3.22. The smallest absolute Gasteiger partial charge is 0.341 e. The Hall–Kier alpha value is -3.77. The summed E-state index contributed by atoms with van der Waals surface area (Å²) < 4.78 is 46.3. The molecular formula is C21H18FN3O6S2. The first-order valence-electron chi connectivity index (χ1n) is 9.30. The third-order valence-corrected chi connectivity index (χ3v) is 6.88.